The van der Waals surface area contributed by atoms with Gasteiger partial charge in [0.1, 0.15) is 0 Å². The number of hydrogen-bond donors (Lipinski definition) is 1. The van der Waals surface area contributed by atoms with Gasteiger partial charge in [0.25, 0.3) is 0 Å². The van der Waals surface area contributed by atoms with Gasteiger partial charge in [0.2, 0.25) is 10.0 Å². The van der Waals surface area contributed by atoms with Crippen LogP contribution in [0.1, 0.15) is 38.1 Å². The number of rotatable bonds is 6. The highest BCUT2D eigenvalue weighted by Gasteiger charge is 2.25. The van der Waals surface area contributed by atoms with Crippen molar-refractivity contribution in [3.05, 3.63) is 42.1 Å². The lowest BCUT2D eigenvalue weighted by atomic mass is 10.1. The zero-order chi connectivity index (χ0) is 19.3. The maximum atomic E-state index is 12.3. The van der Waals surface area contributed by atoms with Crippen LogP contribution in [0.4, 0.5) is 10.5 Å². The summed E-state index contributed by atoms with van der Waals surface area (Å²) >= 11 is 0. The summed E-state index contributed by atoms with van der Waals surface area (Å²) < 4.78 is 29.9. The van der Waals surface area contributed by atoms with Crippen LogP contribution in [0.5, 0.6) is 0 Å². The van der Waals surface area contributed by atoms with Crippen molar-refractivity contribution in [1.82, 2.24) is 4.90 Å². The molecule has 1 aromatic rings. The predicted octanol–water partition coefficient (Wildman–Crippen LogP) is 3.01. The summed E-state index contributed by atoms with van der Waals surface area (Å²) in [4.78, 5) is 25.7. The van der Waals surface area contributed by atoms with Gasteiger partial charge in [-0.2, -0.15) is 0 Å². The highest BCUT2D eigenvalue weighted by Crippen LogP contribution is 2.17. The molecule has 0 unspecified atom stereocenters. The molecule has 0 atom stereocenters. The summed E-state index contributed by atoms with van der Waals surface area (Å²) in [5.41, 5.74) is 0.0189. The number of carbonyl (C=O) groups excluding carboxylic acids is 2. The van der Waals surface area contributed by atoms with Crippen molar-refractivity contribution in [3.63, 3.8) is 0 Å². The minimum atomic E-state index is -3.43. The maximum Gasteiger partial charge on any atom is 0.414 e. The Morgan fingerprint density at radius 1 is 1.28 bits per heavy atom. The Bertz CT molecular complexity index is 763. The van der Waals surface area contributed by atoms with Crippen LogP contribution in [0.15, 0.2) is 36.5 Å². The van der Waals surface area contributed by atoms with Crippen molar-refractivity contribution in [2.24, 2.45) is 0 Å². The molecule has 0 fully saturated rings. The second-order valence-electron chi connectivity index (χ2n) is 6.37. The molecule has 25 heavy (non-hydrogen) atoms. The molecule has 138 valence electrons. The highest BCUT2D eigenvalue weighted by molar-refractivity contribution is 7.92. The molecule has 0 saturated carbocycles. The Balaban J connectivity index is 3.01. The Kier molecular flexibility index (Phi) is 6.75. The first-order valence-corrected chi connectivity index (χ1v) is 9.59. The SMILES string of the molecule is CCOC(=O)N(C=CC(=O)c1cccc(NS(C)(=O)=O)c1)C(C)(C)C. The standard InChI is InChI=1S/C17H24N2O5S/c1-6-24-16(21)19(17(2,3)4)11-10-15(20)13-8-7-9-14(12-13)18-25(5,22)23/h7-12,18H,6H2,1-5H3. The van der Waals surface area contributed by atoms with Gasteiger partial charge in [0.05, 0.1) is 12.9 Å². The van der Waals surface area contributed by atoms with E-state index in [1.54, 1.807) is 25.1 Å². The van der Waals surface area contributed by atoms with E-state index < -0.39 is 21.7 Å². The van der Waals surface area contributed by atoms with Crippen molar-refractivity contribution in [1.29, 1.82) is 0 Å². The van der Waals surface area contributed by atoms with Crippen LogP contribution in [-0.4, -0.2) is 43.6 Å². The minimum Gasteiger partial charge on any atom is -0.449 e. The van der Waals surface area contributed by atoms with E-state index in [1.165, 1.54) is 23.2 Å². The van der Waals surface area contributed by atoms with E-state index in [2.05, 4.69) is 4.72 Å². The zero-order valence-electron chi connectivity index (χ0n) is 15.1. The van der Waals surface area contributed by atoms with Crippen LogP contribution in [0.2, 0.25) is 0 Å². The first-order valence-electron chi connectivity index (χ1n) is 7.70. The molecule has 0 bridgehead atoms. The first-order chi connectivity index (χ1) is 11.4. The third-order valence-electron chi connectivity index (χ3n) is 3.01. The van der Waals surface area contributed by atoms with Gasteiger partial charge in [0, 0.05) is 29.1 Å². The van der Waals surface area contributed by atoms with Crippen LogP contribution >= 0.6 is 0 Å². The molecule has 0 aliphatic carbocycles. The van der Waals surface area contributed by atoms with Crippen molar-refractivity contribution >= 4 is 27.6 Å². The quantitative estimate of drug-likeness (QED) is 0.615. The Morgan fingerprint density at radius 2 is 1.92 bits per heavy atom. The van der Waals surface area contributed by atoms with Gasteiger partial charge >= 0.3 is 6.09 Å². The molecule has 0 aromatic heterocycles. The summed E-state index contributed by atoms with van der Waals surface area (Å²) in [6.07, 6.45) is 3.10. The zero-order valence-corrected chi connectivity index (χ0v) is 15.9. The van der Waals surface area contributed by atoms with E-state index in [0.29, 0.717) is 11.3 Å². The summed E-state index contributed by atoms with van der Waals surface area (Å²) in [5, 5.41) is 0. The fourth-order valence-corrected chi connectivity index (χ4v) is 2.49. The number of ketones is 1. The summed E-state index contributed by atoms with van der Waals surface area (Å²) in [7, 11) is -3.43. The molecular formula is C17H24N2O5S. The number of carbonyl (C=O) groups is 2. The van der Waals surface area contributed by atoms with Gasteiger partial charge in [-0.25, -0.2) is 13.2 Å². The summed E-state index contributed by atoms with van der Waals surface area (Å²) in [5.74, 6) is -0.365. The molecule has 1 aromatic carbocycles. The van der Waals surface area contributed by atoms with Gasteiger partial charge < -0.3 is 4.74 Å². The van der Waals surface area contributed by atoms with Crippen molar-refractivity contribution in [3.8, 4) is 0 Å². The first kappa shape index (κ1) is 20.7. The number of nitrogens with zero attached hydrogens (tertiary/aromatic N) is 1. The Hall–Kier alpha value is -2.35. The van der Waals surface area contributed by atoms with Gasteiger partial charge in [0.15, 0.2) is 5.78 Å². The molecule has 7 nitrogen and oxygen atoms in total. The third-order valence-corrected chi connectivity index (χ3v) is 3.62. The van der Waals surface area contributed by atoms with E-state index >= 15 is 0 Å². The average Bonchev–Trinajstić information content (AvgIpc) is 2.44. The fourth-order valence-electron chi connectivity index (χ4n) is 1.94. The largest absolute Gasteiger partial charge is 0.449 e. The van der Waals surface area contributed by atoms with Crippen LogP contribution < -0.4 is 4.72 Å². The third kappa shape index (κ3) is 6.96. The van der Waals surface area contributed by atoms with E-state index in [4.69, 9.17) is 4.74 Å². The lowest BCUT2D eigenvalue weighted by molar-refractivity contribution is 0.0945. The number of nitrogens with one attached hydrogen (secondary N) is 1. The molecule has 0 radical (unpaired) electrons. The monoisotopic (exact) mass is 368 g/mol. The van der Waals surface area contributed by atoms with Crippen molar-refractivity contribution in [2.45, 2.75) is 33.2 Å². The lowest BCUT2D eigenvalue weighted by Crippen LogP contribution is -2.42. The number of sulfonamides is 1. The number of amides is 1. The molecule has 0 saturated heterocycles. The molecule has 1 N–H and O–H groups in total. The van der Waals surface area contributed by atoms with Gasteiger partial charge in [-0.05, 0) is 39.8 Å². The molecule has 0 heterocycles. The molecule has 0 aliphatic rings. The molecule has 8 heteroatoms. The van der Waals surface area contributed by atoms with E-state index in [0.717, 1.165) is 6.26 Å². The molecule has 1 amide bonds. The van der Waals surface area contributed by atoms with Crippen molar-refractivity contribution < 1.29 is 22.7 Å². The van der Waals surface area contributed by atoms with Crippen molar-refractivity contribution in [2.75, 3.05) is 17.6 Å². The smallest absolute Gasteiger partial charge is 0.414 e. The number of benzene rings is 1. The van der Waals surface area contributed by atoms with Gasteiger partial charge in [-0.3, -0.25) is 14.4 Å². The normalized spacial score (nSPS) is 12.0. The Labute approximate surface area is 148 Å². The number of anilines is 1. The minimum absolute atomic E-state index is 0.229. The second-order valence-corrected chi connectivity index (χ2v) is 8.12. The topological polar surface area (TPSA) is 92.8 Å². The summed E-state index contributed by atoms with van der Waals surface area (Å²) in [6, 6.07) is 6.11. The average molecular weight is 368 g/mol. The van der Waals surface area contributed by atoms with Crippen LogP contribution in [0, 0.1) is 0 Å². The maximum absolute atomic E-state index is 12.3. The molecular weight excluding hydrogens is 344 g/mol. The molecule has 0 aliphatic heterocycles. The fraction of sp³-hybridized carbons (Fsp3) is 0.412. The Morgan fingerprint density at radius 3 is 2.44 bits per heavy atom. The van der Waals surface area contributed by atoms with E-state index in [1.807, 2.05) is 20.8 Å². The second kappa shape index (κ2) is 8.15. The summed E-state index contributed by atoms with van der Waals surface area (Å²) in [6.45, 7) is 7.38. The van der Waals surface area contributed by atoms with Crippen LogP contribution in [-0.2, 0) is 14.8 Å². The molecule has 0 spiro atoms. The number of hydrogen-bond acceptors (Lipinski definition) is 5. The lowest BCUT2D eigenvalue weighted by Gasteiger charge is -2.31. The molecule has 1 rings (SSSR count). The predicted molar refractivity (Wildman–Crippen MR) is 97.0 cm³/mol. The van der Waals surface area contributed by atoms with E-state index in [9.17, 15) is 18.0 Å². The van der Waals surface area contributed by atoms with Crippen LogP contribution in [0.25, 0.3) is 0 Å². The van der Waals surface area contributed by atoms with Gasteiger partial charge in [-0.1, -0.05) is 12.1 Å². The van der Waals surface area contributed by atoms with Crippen LogP contribution in [0.3, 0.4) is 0 Å². The van der Waals surface area contributed by atoms with E-state index in [-0.39, 0.29) is 12.4 Å². The highest BCUT2D eigenvalue weighted by atomic mass is 32.2. The number of allylic oxidation sites excluding steroid dienone is 1. The number of ether oxygens (including phenoxy) is 1. The van der Waals surface area contributed by atoms with Gasteiger partial charge in [-0.15, -0.1) is 0 Å².